The Balaban J connectivity index is 0.933. The van der Waals surface area contributed by atoms with Gasteiger partial charge in [0.2, 0.25) is 11.8 Å². The van der Waals surface area contributed by atoms with Gasteiger partial charge >= 0.3 is 0 Å². The molecule has 264 valence electrons. The number of ether oxygens (including phenoxy) is 4. The Hall–Kier alpha value is -3.48. The number of carbonyl (C=O) groups excluding carboxylic acids is 4. The summed E-state index contributed by atoms with van der Waals surface area (Å²) in [5, 5.41) is 15.6. The highest BCUT2D eigenvalue weighted by molar-refractivity contribution is 6.02. The molecule has 3 saturated carbocycles. The molecule has 48 heavy (non-hydrogen) atoms. The van der Waals surface area contributed by atoms with Gasteiger partial charge < -0.3 is 40.4 Å². The molecule has 0 saturated heterocycles. The van der Waals surface area contributed by atoms with Crippen molar-refractivity contribution in [3.05, 3.63) is 29.3 Å². The minimum atomic E-state index is -0.890. The third-order valence-electron chi connectivity index (χ3n) is 11.6. The van der Waals surface area contributed by atoms with Crippen LogP contribution in [0.1, 0.15) is 82.0 Å². The number of fused-ring (bicyclic) bond motifs is 5. The molecule has 0 spiro atoms. The molecule has 5 N–H and O–H groups in total. The predicted octanol–water partition coefficient (Wildman–Crippen LogP) is 3.89. The van der Waals surface area contributed by atoms with Gasteiger partial charge in [-0.1, -0.05) is 19.4 Å². The van der Waals surface area contributed by atoms with Gasteiger partial charge in [0.25, 0.3) is 5.91 Å². The number of carbonyl (C=O) groups is 4. The molecule has 0 aliphatic heterocycles. The lowest BCUT2D eigenvalue weighted by Gasteiger charge is -2.58. The Morgan fingerprint density at radius 2 is 1.75 bits per heavy atom. The van der Waals surface area contributed by atoms with Gasteiger partial charge in [0.15, 0.2) is 11.5 Å². The topological polar surface area (TPSA) is 176 Å². The smallest absolute Gasteiger partial charge is 0.256 e. The summed E-state index contributed by atoms with van der Waals surface area (Å²) in [5.41, 5.74) is 6.79. The SMILES string of the molecule is COc1ccc(NC(=O)COCCOCCNC(=O)CCOC2CCC3C4CCC5=CC(=O)CCC5(C)C4CCC23C)c(O)c1C(N)=O. The number of methoxy groups -OCH3 is 1. The molecule has 5 rings (SSSR count). The quantitative estimate of drug-likeness (QED) is 0.159. The summed E-state index contributed by atoms with van der Waals surface area (Å²) in [4.78, 5) is 48.4. The molecular formula is C36H51N3O9. The van der Waals surface area contributed by atoms with E-state index in [0.29, 0.717) is 56.1 Å². The second-order valence-corrected chi connectivity index (χ2v) is 14.2. The van der Waals surface area contributed by atoms with E-state index in [4.69, 9.17) is 24.7 Å². The summed E-state index contributed by atoms with van der Waals surface area (Å²) in [7, 11) is 1.33. The Kier molecular flexibility index (Phi) is 11.5. The molecule has 12 nitrogen and oxygen atoms in total. The molecule has 6 atom stereocenters. The van der Waals surface area contributed by atoms with Crippen LogP contribution in [0, 0.1) is 28.6 Å². The van der Waals surface area contributed by atoms with Gasteiger partial charge in [-0.3, -0.25) is 19.2 Å². The van der Waals surface area contributed by atoms with Gasteiger partial charge in [-0.25, -0.2) is 0 Å². The van der Waals surface area contributed by atoms with Crippen molar-refractivity contribution in [3.63, 3.8) is 0 Å². The summed E-state index contributed by atoms with van der Waals surface area (Å²) in [6.45, 7) is 5.95. The lowest BCUT2D eigenvalue weighted by molar-refractivity contribution is -0.126. The van der Waals surface area contributed by atoms with Gasteiger partial charge in [-0.05, 0) is 91.7 Å². The third-order valence-corrected chi connectivity index (χ3v) is 11.6. The van der Waals surface area contributed by atoms with E-state index in [0.717, 1.165) is 25.7 Å². The van der Waals surface area contributed by atoms with Crippen molar-refractivity contribution in [2.24, 2.45) is 34.3 Å². The zero-order valence-corrected chi connectivity index (χ0v) is 28.4. The number of primary amides is 1. The zero-order valence-electron chi connectivity index (χ0n) is 28.4. The van der Waals surface area contributed by atoms with Gasteiger partial charge in [0.05, 0.1) is 45.3 Å². The number of allylic oxidation sites excluding steroid dienone is 1. The molecule has 4 aliphatic rings. The first-order chi connectivity index (χ1) is 23.0. The van der Waals surface area contributed by atoms with Crippen LogP contribution >= 0.6 is 0 Å². The lowest BCUT2D eigenvalue weighted by Crippen LogP contribution is -2.51. The maximum atomic E-state index is 12.4. The Morgan fingerprint density at radius 3 is 2.52 bits per heavy atom. The molecule has 0 heterocycles. The minimum Gasteiger partial charge on any atom is -0.505 e. The summed E-state index contributed by atoms with van der Waals surface area (Å²) in [5.74, 6) is 0.383. The van der Waals surface area contributed by atoms with E-state index in [1.807, 2.05) is 6.08 Å². The van der Waals surface area contributed by atoms with Crippen molar-refractivity contribution >= 4 is 29.2 Å². The normalized spacial score (nSPS) is 29.2. The van der Waals surface area contributed by atoms with Crippen LogP contribution in [0.25, 0.3) is 0 Å². The first-order valence-corrected chi connectivity index (χ1v) is 17.2. The molecule has 3 fully saturated rings. The lowest BCUT2D eigenvalue weighted by atomic mass is 9.47. The number of rotatable bonds is 15. The van der Waals surface area contributed by atoms with Crippen molar-refractivity contribution < 1.29 is 43.2 Å². The standard InChI is InChI=1S/C36H51N3O9/c1-35-13-10-23(40)20-22(35)4-5-24-25-6-9-29(36(25,2)14-11-26(24)35)48-16-12-30(41)38-15-17-46-18-19-47-21-31(42)39-27-7-8-28(45-3)32(33(27)43)34(37)44/h7-8,20,24-26,29,43H,4-6,9-19,21H2,1-3H3,(H2,37,44)(H,38,41)(H,39,42). The Bertz CT molecular complexity index is 1410. The van der Waals surface area contributed by atoms with E-state index in [2.05, 4.69) is 24.5 Å². The van der Waals surface area contributed by atoms with Gasteiger partial charge in [-0.2, -0.15) is 0 Å². The van der Waals surface area contributed by atoms with Crippen LogP contribution in [0.4, 0.5) is 5.69 Å². The van der Waals surface area contributed by atoms with Crippen LogP contribution in [0.15, 0.2) is 23.8 Å². The molecule has 6 unspecified atom stereocenters. The van der Waals surface area contributed by atoms with Crippen LogP contribution in [-0.2, 0) is 28.6 Å². The fourth-order valence-electron chi connectivity index (χ4n) is 9.08. The Labute approximate surface area is 282 Å². The summed E-state index contributed by atoms with van der Waals surface area (Å²) < 4.78 is 22.2. The van der Waals surface area contributed by atoms with Crippen LogP contribution in [0.3, 0.4) is 0 Å². The summed E-state index contributed by atoms with van der Waals surface area (Å²) in [6, 6.07) is 2.81. The maximum absolute atomic E-state index is 12.4. The van der Waals surface area contributed by atoms with Crippen molar-refractivity contribution in [1.82, 2.24) is 5.32 Å². The van der Waals surface area contributed by atoms with Crippen molar-refractivity contribution in [1.29, 1.82) is 0 Å². The monoisotopic (exact) mass is 669 g/mol. The summed E-state index contributed by atoms with van der Waals surface area (Å²) >= 11 is 0. The molecule has 1 aromatic carbocycles. The number of hydrogen-bond donors (Lipinski definition) is 4. The molecule has 4 aliphatic carbocycles. The maximum Gasteiger partial charge on any atom is 0.256 e. The average molecular weight is 670 g/mol. The van der Waals surface area contributed by atoms with Gasteiger partial charge in [0.1, 0.15) is 17.9 Å². The van der Waals surface area contributed by atoms with Crippen molar-refractivity contribution in [2.75, 3.05) is 52.0 Å². The highest BCUT2D eigenvalue weighted by atomic mass is 16.5. The molecular weight excluding hydrogens is 618 g/mol. The van der Waals surface area contributed by atoms with E-state index in [1.54, 1.807) is 0 Å². The minimum absolute atomic E-state index is 0.00844. The van der Waals surface area contributed by atoms with Crippen LogP contribution in [0.5, 0.6) is 11.5 Å². The number of amides is 3. The number of ketones is 1. The number of phenols is 1. The highest BCUT2D eigenvalue weighted by Gasteiger charge is 2.59. The third kappa shape index (κ3) is 7.55. The average Bonchev–Trinajstić information content (AvgIpc) is 3.39. The Morgan fingerprint density at radius 1 is 0.958 bits per heavy atom. The van der Waals surface area contributed by atoms with E-state index >= 15 is 0 Å². The van der Waals surface area contributed by atoms with E-state index in [9.17, 15) is 24.3 Å². The van der Waals surface area contributed by atoms with Crippen molar-refractivity contribution in [2.45, 2.75) is 77.7 Å². The number of aromatic hydroxyl groups is 1. The number of nitrogens with one attached hydrogen (secondary N) is 2. The molecule has 1 aromatic rings. The van der Waals surface area contributed by atoms with E-state index < -0.39 is 17.6 Å². The van der Waals surface area contributed by atoms with E-state index in [1.165, 1.54) is 44.1 Å². The fraction of sp³-hybridized carbons (Fsp3) is 0.667. The number of benzene rings is 1. The molecule has 0 aromatic heterocycles. The van der Waals surface area contributed by atoms with Crippen LogP contribution in [-0.4, -0.2) is 81.4 Å². The van der Waals surface area contributed by atoms with Crippen LogP contribution < -0.4 is 21.1 Å². The largest absolute Gasteiger partial charge is 0.505 e. The zero-order chi connectivity index (χ0) is 34.5. The molecule has 0 bridgehead atoms. The van der Waals surface area contributed by atoms with Crippen molar-refractivity contribution in [3.8, 4) is 11.5 Å². The van der Waals surface area contributed by atoms with Crippen LogP contribution in [0.2, 0.25) is 0 Å². The number of hydrogen-bond acceptors (Lipinski definition) is 9. The second kappa shape index (κ2) is 15.4. The van der Waals surface area contributed by atoms with Gasteiger partial charge in [0, 0.05) is 19.4 Å². The predicted molar refractivity (Wildman–Crippen MR) is 178 cm³/mol. The number of nitrogens with two attached hydrogens (primary N) is 1. The molecule has 12 heteroatoms. The molecule has 0 radical (unpaired) electrons. The molecule has 3 amide bonds. The summed E-state index contributed by atoms with van der Waals surface area (Å²) in [6.07, 6.45) is 10.9. The highest BCUT2D eigenvalue weighted by Crippen LogP contribution is 2.65. The fourth-order valence-corrected chi connectivity index (χ4v) is 9.08. The van der Waals surface area contributed by atoms with E-state index in [-0.39, 0.29) is 59.7 Å². The number of anilines is 1. The second-order valence-electron chi connectivity index (χ2n) is 14.2. The first-order valence-electron chi connectivity index (χ1n) is 17.2. The van der Waals surface area contributed by atoms with Gasteiger partial charge in [-0.15, -0.1) is 0 Å². The first kappa shape index (κ1) is 35.8.